The summed E-state index contributed by atoms with van der Waals surface area (Å²) >= 11 is 18.8. The zero-order chi connectivity index (χ0) is 64.6. The van der Waals surface area contributed by atoms with Crippen molar-refractivity contribution in [2.24, 2.45) is 0 Å². The number of aryl methyl sites for hydroxylation is 8. The van der Waals surface area contributed by atoms with E-state index in [2.05, 4.69) is 229 Å². The molecule has 0 aliphatic carbocycles. The van der Waals surface area contributed by atoms with Gasteiger partial charge < -0.3 is 27.5 Å². The largest absolute Gasteiger partial charge is 1.00 e. The number of nitro groups is 2. The summed E-state index contributed by atoms with van der Waals surface area (Å²) in [6, 6.07) is 54.0. The maximum atomic E-state index is 12.4. The number of nitrogens with one attached hydrogen (secondary N) is 1. The minimum absolute atomic E-state index is 0. The van der Waals surface area contributed by atoms with E-state index in [1.54, 1.807) is 23.9 Å². The quantitative estimate of drug-likeness (QED) is 0.0173. The Morgan fingerprint density at radius 1 is 0.609 bits per heavy atom. The molecule has 0 saturated carbocycles. The van der Waals surface area contributed by atoms with E-state index in [-0.39, 0.29) is 121 Å². The van der Waals surface area contributed by atoms with Crippen molar-refractivity contribution in [3.05, 3.63) is 240 Å². The number of nitrogens with two attached hydrogens (primary N) is 1. The number of nitrogen functional groups attached to an aromatic ring is 1. The number of halogens is 7. The SMILES string of the molecule is Cc1ccc(S)c(C)c1.Cc1ccc(Sc2ccccc2N)c(C)c1.Cc1ccc(Sc2ccccc2N2CCNCC2)c(C)c1.Cc1ccc(Sc2ccccc2[N+](=O)[O-])c(C)c1.II.I[I-]I.O=CO[O-].O=[N+]([O-])c1ccccc1F.[2H]CF.[H-].[K+].[K+]. The first-order valence-electron chi connectivity index (χ1n) is 26.0. The van der Waals surface area contributed by atoms with Crippen molar-refractivity contribution in [3.63, 3.8) is 0 Å². The van der Waals surface area contributed by atoms with Crippen LogP contribution in [0.25, 0.3) is 0 Å². The third-order valence-electron chi connectivity index (χ3n) is 11.4. The number of hydrogen-bond acceptors (Lipinski definition) is 14. The van der Waals surface area contributed by atoms with Crippen LogP contribution in [-0.4, -0.2) is 49.7 Å². The summed E-state index contributed by atoms with van der Waals surface area (Å²) in [5.41, 5.74) is 18.0. The van der Waals surface area contributed by atoms with Gasteiger partial charge in [-0.2, -0.15) is 4.39 Å². The van der Waals surface area contributed by atoms with Crippen molar-refractivity contribution in [1.82, 2.24) is 5.32 Å². The summed E-state index contributed by atoms with van der Waals surface area (Å²) in [4.78, 5) is 41.5. The van der Waals surface area contributed by atoms with Gasteiger partial charge in [0.1, 0.15) is 0 Å². The number of para-hydroxylation sites is 4. The zero-order valence-electron chi connectivity index (χ0n) is 51.9. The molecule has 0 atom stereocenters. The predicted molar refractivity (Wildman–Crippen MR) is 383 cm³/mol. The second kappa shape index (κ2) is 53.0. The van der Waals surface area contributed by atoms with Gasteiger partial charge in [-0.05, 0) is 138 Å². The molecule has 8 aromatic carbocycles. The van der Waals surface area contributed by atoms with Crippen LogP contribution in [0.2, 0.25) is 0 Å². The Labute approximate surface area is 671 Å². The Kier molecular flexibility index (Phi) is 52.9. The van der Waals surface area contributed by atoms with Gasteiger partial charge in [-0.1, -0.05) is 155 Å². The number of anilines is 2. The van der Waals surface area contributed by atoms with Crippen molar-refractivity contribution in [2.75, 3.05) is 44.0 Å². The Morgan fingerprint density at radius 3 is 1.33 bits per heavy atom. The fourth-order valence-corrected chi connectivity index (χ4v) is 10.6. The van der Waals surface area contributed by atoms with Crippen molar-refractivity contribution >= 4 is 152 Å². The molecule has 460 valence electrons. The summed E-state index contributed by atoms with van der Waals surface area (Å²) in [5, 5.41) is 32.8. The van der Waals surface area contributed by atoms with Crippen LogP contribution < -0.4 is 137 Å². The molecule has 1 saturated heterocycles. The Balaban J connectivity index is -0.00000101. The molecule has 0 bridgehead atoms. The molecule has 1 heterocycles. The summed E-state index contributed by atoms with van der Waals surface area (Å²) in [6.07, 6.45) is 0. The molecule has 1 aliphatic rings. The standard InChI is InChI=1S/C18H22N2S.C14H13NO2S.C14H15NS.C8H10S.C6H4FNO2.CH3F.CH2O3.I3.I2.2K.H/c1-14-7-8-17(15(2)13-14)21-18-6-4-3-5-16(18)20-11-9-19-10-12-20;1-10-7-8-13(11(2)9-10)18-14-6-4-3-5-12(14)15(16)17;1-10-7-8-13(11(2)9-10)16-14-6-4-3-5-12(14)15;1-6-3-4-8(9)7(2)5-6;7-5-3-1-2-4-6(5)8(9)10;1-2;2-1-4-3;1-3-2;1-2;;;/h3-8,13,19H,9-12H2,1-2H3;3-9H,1-2H3;3-9H,15H2,1-2H3;3-5,9H,1-2H3;1-4H;1H3;1,3H;;;;;/q;;;;;;;-1;;2*+1;-1/p-1/i;;;;;1D;;;;;;. The maximum Gasteiger partial charge on any atom is 1.00 e. The number of thiol groups is 1. The first kappa shape index (κ1) is 86.7. The molecule has 0 spiro atoms. The van der Waals surface area contributed by atoms with Gasteiger partial charge in [0.05, 0.1) is 29.0 Å². The molecule has 9 rings (SSSR count). The van der Waals surface area contributed by atoms with Gasteiger partial charge >= 0.3 is 159 Å². The van der Waals surface area contributed by atoms with Crippen LogP contribution in [-0.2, 0) is 9.68 Å². The van der Waals surface area contributed by atoms with Crippen LogP contribution in [0.3, 0.4) is 0 Å². The molecular weight excluding hydrogens is 1810 g/mol. The Bertz CT molecular complexity index is 3330. The van der Waals surface area contributed by atoms with E-state index < -0.39 is 23.6 Å². The Morgan fingerprint density at radius 2 is 0.954 bits per heavy atom. The van der Waals surface area contributed by atoms with Crippen LogP contribution in [0, 0.1) is 81.4 Å². The topological polar surface area (TPSA) is 177 Å². The normalized spacial score (nSPS) is 10.6. The molecule has 25 heteroatoms. The molecule has 87 heavy (non-hydrogen) atoms. The third-order valence-corrected chi connectivity index (χ3v) is 15.7. The summed E-state index contributed by atoms with van der Waals surface area (Å²) < 4.78 is 27.9. The van der Waals surface area contributed by atoms with Gasteiger partial charge in [0.2, 0.25) is 5.82 Å². The smallest absolute Gasteiger partial charge is 1.00 e. The number of rotatable bonds is 10. The Hall–Kier alpha value is -0.267. The van der Waals surface area contributed by atoms with E-state index >= 15 is 0 Å². The summed E-state index contributed by atoms with van der Waals surface area (Å²) in [7, 11) is -1.00. The second-order valence-corrected chi connectivity index (χ2v) is 37.8. The van der Waals surface area contributed by atoms with Gasteiger partial charge in [-0.15, -0.1) is 12.6 Å². The molecule has 1 aliphatic heterocycles. The van der Waals surface area contributed by atoms with Gasteiger partial charge in [0, 0.05) is 111 Å². The molecule has 0 radical (unpaired) electrons. The first-order chi connectivity index (χ1) is 41.1. The molecule has 1 fully saturated rings. The van der Waals surface area contributed by atoms with Gasteiger partial charge in [0.15, 0.2) is 0 Å². The monoisotopic (exact) mass is 1870 g/mol. The maximum absolute atomic E-state index is 12.4. The van der Waals surface area contributed by atoms with Crippen molar-refractivity contribution < 1.29 is 152 Å². The first-order valence-corrected chi connectivity index (χ1v) is 47.0. The molecule has 12 nitrogen and oxygen atoms in total. The molecule has 8 aromatic rings. The number of nitro benzene ring substituents is 2. The predicted octanol–water partition coefficient (Wildman–Crippen LogP) is 10.3. The van der Waals surface area contributed by atoms with Crippen molar-refractivity contribution in [3.8, 4) is 0 Å². The number of carbonyl (C=O) groups is 1. The summed E-state index contributed by atoms with van der Waals surface area (Å²) in [5.74, 6) is -0.799. The number of carbonyl (C=O) groups excluding carboxylic acids is 1. The summed E-state index contributed by atoms with van der Waals surface area (Å²) in [6.45, 7) is 20.9. The van der Waals surface area contributed by atoms with Crippen LogP contribution >= 0.6 is 122 Å². The molecule has 0 aromatic heterocycles. The number of hydrogen-bond donors (Lipinski definition) is 3. The van der Waals surface area contributed by atoms with Crippen LogP contribution in [0.15, 0.2) is 204 Å². The minimum Gasteiger partial charge on any atom is -1.00 e. The average Bonchev–Trinajstić information content (AvgIpc) is 3.30. The van der Waals surface area contributed by atoms with E-state index in [1.165, 1.54) is 89.3 Å². The number of piperazine rings is 1. The van der Waals surface area contributed by atoms with E-state index in [0.717, 1.165) is 64.2 Å². The van der Waals surface area contributed by atoms with Gasteiger partial charge in [-0.3, -0.25) is 29.4 Å². The van der Waals surface area contributed by atoms with Crippen molar-refractivity contribution in [2.45, 2.75) is 89.7 Å². The number of alkyl halides is 1. The van der Waals surface area contributed by atoms with E-state index in [9.17, 15) is 29.0 Å². The van der Waals surface area contributed by atoms with Crippen molar-refractivity contribution in [1.29, 1.82) is 0 Å². The number of nitrogens with zero attached hydrogens (tertiary/aromatic N) is 3. The third kappa shape index (κ3) is 36.3. The number of benzene rings is 8. The van der Waals surface area contributed by atoms with E-state index in [1.807, 2.05) is 68.1 Å². The average molecular weight is 1880 g/mol. The van der Waals surface area contributed by atoms with Crippen LogP contribution in [0.4, 0.5) is 31.5 Å². The van der Waals surface area contributed by atoms with E-state index in [4.69, 9.17) is 17.2 Å². The molecule has 0 unspecified atom stereocenters. The second-order valence-electron chi connectivity index (χ2n) is 17.8. The fraction of sp³-hybridized carbons (Fsp3) is 0.210. The minimum atomic E-state index is -1.00. The zero-order valence-corrected chi connectivity index (χ0v) is 70.3. The van der Waals surface area contributed by atoms with Gasteiger partial charge in [-0.25, -0.2) is 0 Å². The molecule has 3 N–H and O–H groups in total. The van der Waals surface area contributed by atoms with Gasteiger partial charge in [0.25, 0.3) is 12.2 Å². The van der Waals surface area contributed by atoms with Crippen LogP contribution in [0.5, 0.6) is 0 Å². The van der Waals surface area contributed by atoms with Crippen LogP contribution in [0.1, 0.15) is 47.3 Å². The van der Waals surface area contributed by atoms with E-state index in [0.29, 0.717) is 18.2 Å². The fourth-order valence-electron chi connectivity index (χ4n) is 7.48. The molecule has 0 amide bonds. The molecular formula is C62H69F2I5K2N5O7S4-.